The standard InChI is InChI=1S/C20H18N2O/c23-19-11-18-16-8-7-14-5-1-2-6-15(14)17(16)12-20(9-3-4-10-20)22(18)13-21-19/h1-2,5-8,11,13H,3-4,9-10,12H2. The molecule has 0 atom stereocenters. The van der Waals surface area contributed by atoms with Gasteiger partial charge in [0.25, 0.3) is 5.56 Å². The Kier molecular flexibility index (Phi) is 2.58. The minimum absolute atomic E-state index is 0.104. The summed E-state index contributed by atoms with van der Waals surface area (Å²) in [5.41, 5.74) is 3.59. The molecule has 0 unspecified atom stereocenters. The summed E-state index contributed by atoms with van der Waals surface area (Å²) in [5.74, 6) is 0. The van der Waals surface area contributed by atoms with Crippen LogP contribution in [0, 0.1) is 0 Å². The van der Waals surface area contributed by atoms with E-state index in [2.05, 4.69) is 45.9 Å². The largest absolute Gasteiger partial charge is 0.325 e. The Morgan fingerprint density at radius 1 is 1.04 bits per heavy atom. The lowest BCUT2D eigenvalue weighted by atomic mass is 9.80. The predicted molar refractivity (Wildman–Crippen MR) is 91.6 cm³/mol. The zero-order chi connectivity index (χ0) is 15.4. The number of benzene rings is 2. The third-order valence-corrected chi connectivity index (χ3v) is 5.69. The molecule has 1 saturated carbocycles. The van der Waals surface area contributed by atoms with Gasteiger partial charge in [-0.2, -0.15) is 4.98 Å². The normalized spacial score (nSPS) is 18.1. The molecule has 114 valence electrons. The molecule has 3 aromatic rings. The molecule has 0 N–H and O–H groups in total. The lowest BCUT2D eigenvalue weighted by Crippen LogP contribution is -2.38. The smallest absolute Gasteiger partial charge is 0.273 e. The van der Waals surface area contributed by atoms with Crippen LogP contribution in [0.3, 0.4) is 0 Å². The van der Waals surface area contributed by atoms with Crippen molar-refractivity contribution < 1.29 is 0 Å². The molecule has 23 heavy (non-hydrogen) atoms. The van der Waals surface area contributed by atoms with Gasteiger partial charge in [0.05, 0.1) is 17.6 Å². The summed E-state index contributed by atoms with van der Waals surface area (Å²) in [6, 6.07) is 14.6. The van der Waals surface area contributed by atoms with E-state index in [1.807, 2.05) is 0 Å². The molecule has 0 radical (unpaired) electrons. The van der Waals surface area contributed by atoms with E-state index in [0.717, 1.165) is 12.1 Å². The van der Waals surface area contributed by atoms with Gasteiger partial charge in [0.1, 0.15) is 0 Å². The van der Waals surface area contributed by atoms with Crippen LogP contribution in [0.25, 0.3) is 22.0 Å². The van der Waals surface area contributed by atoms with Crippen LogP contribution in [0.1, 0.15) is 31.2 Å². The molecule has 3 nitrogen and oxygen atoms in total. The second kappa shape index (κ2) is 4.54. The van der Waals surface area contributed by atoms with Crippen molar-refractivity contribution in [2.45, 2.75) is 37.6 Å². The Morgan fingerprint density at radius 3 is 2.74 bits per heavy atom. The molecular weight excluding hydrogens is 284 g/mol. The summed E-state index contributed by atoms with van der Waals surface area (Å²) in [5, 5.41) is 2.61. The summed E-state index contributed by atoms with van der Waals surface area (Å²) >= 11 is 0. The van der Waals surface area contributed by atoms with Gasteiger partial charge in [0.2, 0.25) is 0 Å². The summed E-state index contributed by atoms with van der Waals surface area (Å²) in [6.45, 7) is 0. The highest BCUT2D eigenvalue weighted by molar-refractivity contribution is 5.92. The Hall–Kier alpha value is -2.42. The fraction of sp³-hybridized carbons (Fsp3) is 0.300. The van der Waals surface area contributed by atoms with Gasteiger partial charge in [-0.3, -0.25) is 4.79 Å². The molecule has 0 amide bonds. The van der Waals surface area contributed by atoms with E-state index in [-0.39, 0.29) is 11.1 Å². The van der Waals surface area contributed by atoms with Crippen molar-refractivity contribution in [2.24, 2.45) is 0 Å². The number of nitrogens with zero attached hydrogens (tertiary/aromatic N) is 2. The van der Waals surface area contributed by atoms with Crippen molar-refractivity contribution in [3.05, 3.63) is 64.7 Å². The third-order valence-electron chi connectivity index (χ3n) is 5.69. The van der Waals surface area contributed by atoms with E-state index in [1.165, 1.54) is 47.6 Å². The van der Waals surface area contributed by atoms with Gasteiger partial charge < -0.3 is 4.57 Å². The second-order valence-electron chi connectivity index (χ2n) is 6.90. The number of fused-ring (bicyclic) bond motifs is 6. The van der Waals surface area contributed by atoms with E-state index >= 15 is 0 Å². The Morgan fingerprint density at radius 2 is 1.87 bits per heavy atom. The van der Waals surface area contributed by atoms with Crippen LogP contribution in [0.15, 0.2) is 53.6 Å². The number of hydrogen-bond acceptors (Lipinski definition) is 2. The van der Waals surface area contributed by atoms with E-state index in [4.69, 9.17) is 0 Å². The highest BCUT2D eigenvalue weighted by Crippen LogP contribution is 2.47. The minimum Gasteiger partial charge on any atom is -0.325 e. The van der Waals surface area contributed by atoms with Crippen LogP contribution in [0.4, 0.5) is 0 Å². The van der Waals surface area contributed by atoms with Gasteiger partial charge in [-0.05, 0) is 35.6 Å². The number of hydrogen-bond donors (Lipinski definition) is 0. The maximum atomic E-state index is 11.9. The first kappa shape index (κ1) is 13.1. The Bertz CT molecular complexity index is 980. The molecule has 0 bridgehead atoms. The van der Waals surface area contributed by atoms with Crippen molar-refractivity contribution in [3.8, 4) is 11.3 Å². The summed E-state index contributed by atoms with van der Waals surface area (Å²) in [4.78, 5) is 15.9. The van der Waals surface area contributed by atoms with Crippen LogP contribution in [0.2, 0.25) is 0 Å². The molecule has 1 spiro atoms. The van der Waals surface area contributed by atoms with Crippen molar-refractivity contribution in [1.29, 1.82) is 0 Å². The first-order valence-corrected chi connectivity index (χ1v) is 8.37. The van der Waals surface area contributed by atoms with Crippen molar-refractivity contribution in [3.63, 3.8) is 0 Å². The van der Waals surface area contributed by atoms with Gasteiger partial charge in [0, 0.05) is 11.6 Å². The fourth-order valence-electron chi connectivity index (χ4n) is 4.62. The van der Waals surface area contributed by atoms with Gasteiger partial charge in [-0.15, -0.1) is 0 Å². The molecule has 1 aliphatic heterocycles. The van der Waals surface area contributed by atoms with E-state index in [9.17, 15) is 4.79 Å². The van der Waals surface area contributed by atoms with Gasteiger partial charge in [0.15, 0.2) is 0 Å². The van der Waals surface area contributed by atoms with Crippen molar-refractivity contribution in [2.75, 3.05) is 0 Å². The van der Waals surface area contributed by atoms with E-state index in [1.54, 1.807) is 12.4 Å². The molecule has 2 aromatic carbocycles. The lowest BCUT2D eigenvalue weighted by molar-refractivity contribution is 0.283. The van der Waals surface area contributed by atoms with Crippen LogP contribution in [0.5, 0.6) is 0 Å². The minimum atomic E-state index is -0.148. The predicted octanol–water partition coefficient (Wildman–Crippen LogP) is 3.89. The van der Waals surface area contributed by atoms with Gasteiger partial charge in [-0.1, -0.05) is 49.2 Å². The Labute approximate surface area is 134 Å². The van der Waals surface area contributed by atoms with E-state index < -0.39 is 0 Å². The SMILES string of the molecule is O=c1cc2n(cn1)C1(CCCC1)Cc1c-2ccc2ccccc12. The first-order valence-electron chi connectivity index (χ1n) is 8.37. The quantitative estimate of drug-likeness (QED) is 0.631. The first-order chi connectivity index (χ1) is 11.3. The average molecular weight is 302 g/mol. The zero-order valence-electron chi connectivity index (χ0n) is 13.0. The molecule has 0 saturated heterocycles. The third kappa shape index (κ3) is 1.76. The fourth-order valence-corrected chi connectivity index (χ4v) is 4.62. The molecule has 1 aliphatic carbocycles. The number of rotatable bonds is 0. The second-order valence-corrected chi connectivity index (χ2v) is 6.90. The van der Waals surface area contributed by atoms with Crippen LogP contribution >= 0.6 is 0 Å². The van der Waals surface area contributed by atoms with Crippen molar-refractivity contribution in [1.82, 2.24) is 9.55 Å². The maximum absolute atomic E-state index is 11.9. The van der Waals surface area contributed by atoms with Crippen LogP contribution in [-0.2, 0) is 12.0 Å². The molecule has 1 fully saturated rings. The van der Waals surface area contributed by atoms with E-state index in [0.29, 0.717) is 0 Å². The summed E-state index contributed by atoms with van der Waals surface area (Å²) in [7, 11) is 0. The topological polar surface area (TPSA) is 34.9 Å². The monoisotopic (exact) mass is 302 g/mol. The zero-order valence-corrected chi connectivity index (χ0v) is 13.0. The average Bonchev–Trinajstić information content (AvgIpc) is 3.04. The lowest BCUT2D eigenvalue weighted by Gasteiger charge is -2.39. The molecule has 1 aromatic heterocycles. The molecule has 2 aliphatic rings. The number of aromatic nitrogens is 2. The Balaban J connectivity index is 1.89. The van der Waals surface area contributed by atoms with Gasteiger partial charge in [-0.25, -0.2) is 0 Å². The summed E-state index contributed by atoms with van der Waals surface area (Å²) in [6.07, 6.45) is 7.68. The van der Waals surface area contributed by atoms with Crippen LogP contribution < -0.4 is 5.56 Å². The maximum Gasteiger partial charge on any atom is 0.273 e. The molecule has 5 rings (SSSR count). The van der Waals surface area contributed by atoms with Gasteiger partial charge >= 0.3 is 0 Å². The highest BCUT2D eigenvalue weighted by Gasteiger charge is 2.40. The van der Waals surface area contributed by atoms with Crippen molar-refractivity contribution >= 4 is 10.8 Å². The molecule has 3 heteroatoms. The molecule has 2 heterocycles. The molecular formula is C20H18N2O. The highest BCUT2D eigenvalue weighted by atomic mass is 16.1. The summed E-state index contributed by atoms with van der Waals surface area (Å²) < 4.78 is 2.29. The van der Waals surface area contributed by atoms with Crippen LogP contribution in [-0.4, -0.2) is 9.55 Å².